The van der Waals surface area contributed by atoms with Crippen molar-refractivity contribution >= 4 is 23.6 Å². The smallest absolute Gasteiger partial charge is 0.330 e. The third-order valence-electron chi connectivity index (χ3n) is 5.98. The highest BCUT2D eigenvalue weighted by Crippen LogP contribution is 2.46. The Hall–Kier alpha value is -2.88. The van der Waals surface area contributed by atoms with E-state index >= 15 is 0 Å². The fraction of sp³-hybridized carbons (Fsp3) is 0.385. The van der Waals surface area contributed by atoms with Gasteiger partial charge in [-0.25, -0.2) is 4.79 Å². The minimum Gasteiger partial charge on any atom is -0.463 e. The minimum atomic E-state index is -0.377. The monoisotopic (exact) mass is 405 g/mol. The molecule has 3 rings (SSSR count). The first kappa shape index (κ1) is 21.8. The summed E-state index contributed by atoms with van der Waals surface area (Å²) < 4.78 is 4.87. The van der Waals surface area contributed by atoms with Gasteiger partial charge in [-0.1, -0.05) is 45.9 Å². The summed E-state index contributed by atoms with van der Waals surface area (Å²) in [5.41, 5.74) is 5.15. The van der Waals surface area contributed by atoms with Crippen LogP contribution in [0.25, 0.3) is 6.08 Å². The molecule has 0 atom stereocenters. The number of esters is 1. The van der Waals surface area contributed by atoms with Gasteiger partial charge >= 0.3 is 5.97 Å². The van der Waals surface area contributed by atoms with Gasteiger partial charge in [0.1, 0.15) is 0 Å². The first-order chi connectivity index (χ1) is 14.1. The van der Waals surface area contributed by atoms with Crippen LogP contribution in [0.5, 0.6) is 0 Å². The lowest BCUT2D eigenvalue weighted by Gasteiger charge is -2.42. The van der Waals surface area contributed by atoms with Crippen LogP contribution in [0.15, 0.2) is 48.5 Å². The van der Waals surface area contributed by atoms with Crippen LogP contribution in [0.1, 0.15) is 74.5 Å². The van der Waals surface area contributed by atoms with E-state index in [1.165, 1.54) is 17.2 Å². The highest BCUT2D eigenvalue weighted by atomic mass is 16.5. The lowest BCUT2D eigenvalue weighted by molar-refractivity contribution is -0.137. The summed E-state index contributed by atoms with van der Waals surface area (Å²) in [5, 5.41) is 3.03. The normalized spacial score (nSPS) is 16.7. The zero-order valence-corrected chi connectivity index (χ0v) is 18.5. The van der Waals surface area contributed by atoms with Gasteiger partial charge in [-0.3, -0.25) is 4.79 Å². The summed E-state index contributed by atoms with van der Waals surface area (Å²) in [4.78, 5) is 24.1. The number of benzene rings is 2. The van der Waals surface area contributed by atoms with Gasteiger partial charge in [-0.15, -0.1) is 0 Å². The number of hydrogen-bond donors (Lipinski definition) is 1. The molecule has 0 saturated carbocycles. The molecule has 0 aliphatic heterocycles. The van der Waals surface area contributed by atoms with E-state index in [4.69, 9.17) is 4.74 Å². The van der Waals surface area contributed by atoms with Crippen molar-refractivity contribution in [3.8, 4) is 0 Å². The van der Waals surface area contributed by atoms with Gasteiger partial charge < -0.3 is 10.1 Å². The summed E-state index contributed by atoms with van der Waals surface area (Å²) >= 11 is 0. The molecule has 0 bridgehead atoms. The summed E-state index contributed by atoms with van der Waals surface area (Å²) in [6, 6.07) is 13.4. The topological polar surface area (TPSA) is 55.4 Å². The van der Waals surface area contributed by atoms with Crippen LogP contribution >= 0.6 is 0 Å². The predicted molar refractivity (Wildman–Crippen MR) is 122 cm³/mol. The molecule has 1 N–H and O–H groups in total. The average Bonchev–Trinajstić information content (AvgIpc) is 2.70. The Morgan fingerprint density at radius 3 is 2.23 bits per heavy atom. The number of rotatable bonds is 5. The van der Waals surface area contributed by atoms with Crippen LogP contribution in [-0.2, 0) is 20.4 Å². The molecule has 1 amide bonds. The Morgan fingerprint density at radius 2 is 1.60 bits per heavy atom. The van der Waals surface area contributed by atoms with E-state index in [0.29, 0.717) is 12.2 Å². The Morgan fingerprint density at radius 1 is 0.967 bits per heavy atom. The van der Waals surface area contributed by atoms with Gasteiger partial charge in [0.05, 0.1) is 6.61 Å². The maximum absolute atomic E-state index is 12.7. The van der Waals surface area contributed by atoms with Gasteiger partial charge in [0.25, 0.3) is 5.91 Å². The zero-order valence-electron chi connectivity index (χ0n) is 18.5. The van der Waals surface area contributed by atoms with Gasteiger partial charge in [0, 0.05) is 17.3 Å². The molecule has 4 heteroatoms. The first-order valence-corrected chi connectivity index (χ1v) is 10.5. The minimum absolute atomic E-state index is 0.0957. The van der Waals surface area contributed by atoms with Crippen LogP contribution in [0, 0.1) is 0 Å². The van der Waals surface area contributed by atoms with Crippen molar-refractivity contribution in [2.45, 2.75) is 58.3 Å². The second kappa shape index (κ2) is 8.47. The molecule has 2 aromatic rings. The Bertz CT molecular complexity index is 968. The number of fused-ring (bicyclic) bond motifs is 1. The van der Waals surface area contributed by atoms with Crippen LogP contribution in [0.2, 0.25) is 0 Å². The standard InChI is InChI=1S/C26H31NO3/c1-6-30-23(28)14-9-18-7-10-19(11-8-18)24(29)27-20-12-13-21-22(17-20)26(4,5)16-15-25(21,2)3/h7-14,17H,6,15-16H2,1-5H3,(H,27,29). The second-order valence-electron chi connectivity index (χ2n) is 9.19. The molecule has 4 nitrogen and oxygen atoms in total. The van der Waals surface area contributed by atoms with Crippen LogP contribution in [-0.4, -0.2) is 18.5 Å². The number of carbonyl (C=O) groups is 2. The van der Waals surface area contributed by atoms with E-state index in [2.05, 4.69) is 45.1 Å². The van der Waals surface area contributed by atoms with E-state index < -0.39 is 0 Å². The molecular formula is C26H31NO3. The van der Waals surface area contributed by atoms with E-state index in [1.54, 1.807) is 25.1 Å². The van der Waals surface area contributed by atoms with Crippen molar-refractivity contribution < 1.29 is 14.3 Å². The third-order valence-corrected chi connectivity index (χ3v) is 5.98. The number of anilines is 1. The number of ether oxygens (including phenoxy) is 1. The average molecular weight is 406 g/mol. The summed E-state index contributed by atoms with van der Waals surface area (Å²) in [5.74, 6) is -0.526. The fourth-order valence-electron chi connectivity index (χ4n) is 3.97. The van der Waals surface area contributed by atoms with E-state index in [0.717, 1.165) is 24.1 Å². The summed E-state index contributed by atoms with van der Waals surface area (Å²) in [6.07, 6.45) is 5.35. The van der Waals surface area contributed by atoms with Crippen LogP contribution in [0.4, 0.5) is 5.69 Å². The SMILES string of the molecule is CCOC(=O)C=Cc1ccc(C(=O)Nc2ccc3c(c2)C(C)(C)CCC3(C)C)cc1. The van der Waals surface area contributed by atoms with E-state index in [9.17, 15) is 9.59 Å². The molecule has 0 heterocycles. The molecule has 0 fully saturated rings. The van der Waals surface area contributed by atoms with Gasteiger partial charge in [-0.05, 0) is 77.6 Å². The number of nitrogens with one attached hydrogen (secondary N) is 1. The third kappa shape index (κ3) is 4.81. The molecule has 30 heavy (non-hydrogen) atoms. The second-order valence-corrected chi connectivity index (χ2v) is 9.19. The number of amides is 1. The molecule has 0 aromatic heterocycles. The summed E-state index contributed by atoms with van der Waals surface area (Å²) in [6.45, 7) is 11.2. The molecule has 0 radical (unpaired) electrons. The Labute approximate surface area is 179 Å². The van der Waals surface area contributed by atoms with Crippen molar-refractivity contribution in [2.75, 3.05) is 11.9 Å². The number of hydrogen-bond acceptors (Lipinski definition) is 3. The van der Waals surface area contributed by atoms with E-state index in [1.807, 2.05) is 18.2 Å². The number of carbonyl (C=O) groups excluding carboxylic acids is 2. The maximum Gasteiger partial charge on any atom is 0.330 e. The Balaban J connectivity index is 1.74. The highest BCUT2D eigenvalue weighted by Gasteiger charge is 2.37. The van der Waals surface area contributed by atoms with Crippen molar-refractivity contribution in [1.82, 2.24) is 0 Å². The highest BCUT2D eigenvalue weighted by molar-refractivity contribution is 6.04. The van der Waals surface area contributed by atoms with Crippen LogP contribution in [0.3, 0.4) is 0 Å². The first-order valence-electron chi connectivity index (χ1n) is 10.5. The largest absolute Gasteiger partial charge is 0.463 e. The maximum atomic E-state index is 12.7. The molecule has 0 spiro atoms. The van der Waals surface area contributed by atoms with Crippen LogP contribution < -0.4 is 5.32 Å². The summed E-state index contributed by atoms with van der Waals surface area (Å²) in [7, 11) is 0. The van der Waals surface area contributed by atoms with Crippen molar-refractivity contribution in [2.24, 2.45) is 0 Å². The van der Waals surface area contributed by atoms with Gasteiger partial charge in [0.15, 0.2) is 0 Å². The predicted octanol–water partition coefficient (Wildman–Crippen LogP) is 5.86. The molecule has 0 unspecified atom stereocenters. The fourth-order valence-corrected chi connectivity index (χ4v) is 3.97. The zero-order chi connectivity index (χ0) is 21.9. The molecule has 158 valence electrons. The quantitative estimate of drug-likeness (QED) is 0.500. The Kier molecular flexibility index (Phi) is 6.16. The lowest BCUT2D eigenvalue weighted by Crippen LogP contribution is -2.33. The molecule has 1 aliphatic carbocycles. The van der Waals surface area contributed by atoms with Crippen molar-refractivity contribution in [3.05, 3.63) is 70.8 Å². The lowest BCUT2D eigenvalue weighted by atomic mass is 9.63. The van der Waals surface area contributed by atoms with Crippen molar-refractivity contribution in [3.63, 3.8) is 0 Å². The molecule has 2 aromatic carbocycles. The molecule has 0 saturated heterocycles. The van der Waals surface area contributed by atoms with Gasteiger partial charge in [-0.2, -0.15) is 0 Å². The van der Waals surface area contributed by atoms with E-state index in [-0.39, 0.29) is 22.7 Å². The van der Waals surface area contributed by atoms with Gasteiger partial charge in [0.2, 0.25) is 0 Å². The molecular weight excluding hydrogens is 374 g/mol. The van der Waals surface area contributed by atoms with Crippen molar-refractivity contribution in [1.29, 1.82) is 0 Å². The molecule has 1 aliphatic rings.